The number of anilines is 1. The van der Waals surface area contributed by atoms with Crippen LogP contribution in [0.25, 0.3) is 0 Å². The van der Waals surface area contributed by atoms with Gasteiger partial charge in [0.05, 0.1) is 17.5 Å². The zero-order valence-electron chi connectivity index (χ0n) is 23.7. The predicted octanol–water partition coefficient (Wildman–Crippen LogP) is 6.60. The van der Waals surface area contributed by atoms with Crippen LogP contribution < -0.4 is 9.64 Å². The van der Waals surface area contributed by atoms with Gasteiger partial charge in [0.25, 0.3) is 0 Å². The normalized spacial score (nSPS) is 23.4. The maximum Gasteiger partial charge on any atom is 0.308 e. The number of imide groups is 1. The fourth-order valence-electron chi connectivity index (χ4n) is 6.79. The van der Waals surface area contributed by atoms with Crippen LogP contribution in [0.3, 0.4) is 0 Å². The standard InChI is InChI=1S/C34H35NO4/c1-18(36)39-22-12-10-21(11-13-22)35-31(37)29-27-24-15-9-20(34(5,6)7)17-26(24)28(30(29)32(35)38)23-14-8-19(16-25(23)27)33(2,3)4/h8-17,27-30H,1-7H3/t27-,28+,29-,30-/m0/s1. The van der Waals surface area contributed by atoms with E-state index >= 15 is 0 Å². The molecule has 1 fully saturated rings. The highest BCUT2D eigenvalue weighted by Crippen LogP contribution is 2.62. The van der Waals surface area contributed by atoms with Crippen LogP contribution in [0.15, 0.2) is 60.7 Å². The molecule has 1 aliphatic heterocycles. The van der Waals surface area contributed by atoms with Crippen molar-refractivity contribution in [2.45, 2.75) is 71.1 Å². The lowest BCUT2D eigenvalue weighted by atomic mass is 9.54. The Morgan fingerprint density at radius 3 is 1.49 bits per heavy atom. The monoisotopic (exact) mass is 521 g/mol. The van der Waals surface area contributed by atoms with Crippen LogP contribution in [-0.2, 0) is 25.2 Å². The van der Waals surface area contributed by atoms with Gasteiger partial charge in [-0.05, 0) is 68.5 Å². The van der Waals surface area contributed by atoms with E-state index < -0.39 is 17.8 Å². The van der Waals surface area contributed by atoms with E-state index in [9.17, 15) is 14.4 Å². The lowest BCUT2D eigenvalue weighted by Gasteiger charge is -2.47. The number of ether oxygens (including phenoxy) is 1. The lowest BCUT2D eigenvalue weighted by Crippen LogP contribution is -2.42. The Bertz CT molecular complexity index is 1450. The van der Waals surface area contributed by atoms with Crippen LogP contribution >= 0.6 is 0 Å². The average Bonchev–Trinajstić information content (AvgIpc) is 3.13. The van der Waals surface area contributed by atoms with Crippen molar-refractivity contribution in [3.8, 4) is 5.75 Å². The fourth-order valence-corrected chi connectivity index (χ4v) is 6.79. The first-order chi connectivity index (χ1) is 18.3. The van der Waals surface area contributed by atoms with Gasteiger partial charge in [0.15, 0.2) is 0 Å². The second kappa shape index (κ2) is 8.38. The molecule has 0 N–H and O–H groups in total. The van der Waals surface area contributed by atoms with E-state index in [2.05, 4.69) is 77.9 Å². The first-order valence-corrected chi connectivity index (χ1v) is 13.7. The summed E-state index contributed by atoms with van der Waals surface area (Å²) in [7, 11) is 0. The number of hydrogen-bond donors (Lipinski definition) is 0. The average molecular weight is 522 g/mol. The maximum absolute atomic E-state index is 14.2. The van der Waals surface area contributed by atoms with Gasteiger partial charge in [0.2, 0.25) is 11.8 Å². The van der Waals surface area contributed by atoms with Crippen LogP contribution in [-0.4, -0.2) is 17.8 Å². The largest absolute Gasteiger partial charge is 0.427 e. The maximum atomic E-state index is 14.2. The first-order valence-electron chi connectivity index (χ1n) is 13.7. The van der Waals surface area contributed by atoms with Crippen molar-refractivity contribution in [1.29, 1.82) is 0 Å². The summed E-state index contributed by atoms with van der Waals surface area (Å²) in [6.45, 7) is 14.6. The smallest absolute Gasteiger partial charge is 0.308 e. The molecule has 0 saturated carbocycles. The summed E-state index contributed by atoms with van der Waals surface area (Å²) >= 11 is 0. The van der Waals surface area contributed by atoms with Crippen LogP contribution in [0.1, 0.15) is 93.7 Å². The predicted molar refractivity (Wildman–Crippen MR) is 151 cm³/mol. The SMILES string of the molecule is CC(=O)Oc1ccc(N2C(=O)[C@H]3[C@@H]4c5ccc(C(C)(C)C)cc5[C@H](c5ccc(C(C)(C)C)cc54)[C@@H]3C2=O)cc1. The van der Waals surface area contributed by atoms with Crippen molar-refractivity contribution < 1.29 is 19.1 Å². The van der Waals surface area contributed by atoms with Gasteiger partial charge in [0.1, 0.15) is 5.75 Å². The molecule has 3 aromatic carbocycles. The third-order valence-electron chi connectivity index (χ3n) is 8.72. The fraction of sp³-hybridized carbons (Fsp3) is 0.382. The molecule has 3 aliphatic carbocycles. The second-order valence-electron chi connectivity index (χ2n) is 13.3. The van der Waals surface area contributed by atoms with Gasteiger partial charge in [-0.25, -0.2) is 4.90 Å². The number of amides is 2. The molecule has 200 valence electrons. The quantitative estimate of drug-likeness (QED) is 0.216. The molecule has 5 heteroatoms. The molecule has 1 saturated heterocycles. The molecule has 4 aliphatic rings. The number of esters is 1. The molecule has 0 radical (unpaired) electrons. The molecule has 1 heterocycles. The zero-order valence-corrected chi connectivity index (χ0v) is 23.7. The number of nitrogens with zero attached hydrogens (tertiary/aromatic N) is 1. The summed E-state index contributed by atoms with van der Waals surface area (Å²) in [5.41, 5.74) is 7.59. The van der Waals surface area contributed by atoms with Gasteiger partial charge in [-0.2, -0.15) is 0 Å². The summed E-state index contributed by atoms with van der Waals surface area (Å²) in [4.78, 5) is 41.0. The van der Waals surface area contributed by atoms with Crippen LogP contribution in [0, 0.1) is 11.8 Å². The Balaban J connectivity index is 1.51. The molecule has 5 nitrogen and oxygen atoms in total. The highest BCUT2D eigenvalue weighted by molar-refractivity contribution is 6.23. The van der Waals surface area contributed by atoms with Gasteiger partial charge >= 0.3 is 5.97 Å². The second-order valence-corrected chi connectivity index (χ2v) is 13.3. The minimum absolute atomic E-state index is 0.0325. The Kier molecular flexibility index (Phi) is 5.49. The van der Waals surface area contributed by atoms with Crippen molar-refractivity contribution in [1.82, 2.24) is 0 Å². The molecule has 4 atom stereocenters. The molecule has 39 heavy (non-hydrogen) atoms. The summed E-state index contributed by atoms with van der Waals surface area (Å²) in [6, 6.07) is 20.0. The van der Waals surface area contributed by atoms with Crippen molar-refractivity contribution >= 4 is 23.5 Å². The van der Waals surface area contributed by atoms with Gasteiger partial charge in [-0.3, -0.25) is 14.4 Å². The molecule has 0 aromatic heterocycles. The highest BCUT2D eigenvalue weighted by Gasteiger charge is 2.62. The lowest BCUT2D eigenvalue weighted by molar-refractivity contribution is -0.132. The third kappa shape index (κ3) is 3.85. The Labute approximate surface area is 230 Å². The minimum Gasteiger partial charge on any atom is -0.427 e. The molecule has 0 unspecified atom stereocenters. The van der Waals surface area contributed by atoms with Crippen molar-refractivity contribution in [2.24, 2.45) is 11.8 Å². The van der Waals surface area contributed by atoms with Crippen molar-refractivity contribution in [3.63, 3.8) is 0 Å². The van der Waals surface area contributed by atoms with E-state index in [0.717, 1.165) is 0 Å². The number of rotatable bonds is 2. The van der Waals surface area contributed by atoms with Gasteiger partial charge in [-0.1, -0.05) is 77.9 Å². The molecule has 0 spiro atoms. The first kappa shape index (κ1) is 25.5. The van der Waals surface area contributed by atoms with Crippen LogP contribution in [0.5, 0.6) is 5.75 Å². The topological polar surface area (TPSA) is 63.7 Å². The van der Waals surface area contributed by atoms with Gasteiger partial charge < -0.3 is 4.74 Å². The zero-order chi connectivity index (χ0) is 28.0. The van der Waals surface area contributed by atoms with E-state index in [-0.39, 0.29) is 34.5 Å². The Hall–Kier alpha value is -3.73. The number of benzene rings is 3. The summed E-state index contributed by atoms with van der Waals surface area (Å²) in [5.74, 6) is -1.61. The highest BCUT2D eigenvalue weighted by atomic mass is 16.5. The molecular weight excluding hydrogens is 486 g/mol. The van der Waals surface area contributed by atoms with Crippen molar-refractivity contribution in [2.75, 3.05) is 4.90 Å². The Morgan fingerprint density at radius 2 is 1.10 bits per heavy atom. The van der Waals surface area contributed by atoms with E-state index in [1.165, 1.54) is 45.2 Å². The van der Waals surface area contributed by atoms with Gasteiger partial charge in [0, 0.05) is 18.8 Å². The summed E-state index contributed by atoms with van der Waals surface area (Å²) in [6.07, 6.45) is 0. The molecule has 7 rings (SSSR count). The van der Waals surface area contributed by atoms with E-state index in [1.807, 2.05) is 0 Å². The van der Waals surface area contributed by atoms with E-state index in [1.54, 1.807) is 24.3 Å². The van der Waals surface area contributed by atoms with Crippen LogP contribution in [0.4, 0.5) is 5.69 Å². The molecule has 3 aromatic rings. The number of carbonyl (C=O) groups is 3. The third-order valence-corrected chi connectivity index (χ3v) is 8.72. The van der Waals surface area contributed by atoms with E-state index in [0.29, 0.717) is 11.4 Å². The van der Waals surface area contributed by atoms with Gasteiger partial charge in [-0.15, -0.1) is 0 Å². The Morgan fingerprint density at radius 1 is 0.667 bits per heavy atom. The van der Waals surface area contributed by atoms with E-state index in [4.69, 9.17) is 4.74 Å². The number of carbonyl (C=O) groups excluding carboxylic acids is 3. The molecule has 2 bridgehead atoms. The minimum atomic E-state index is -0.452. The summed E-state index contributed by atoms with van der Waals surface area (Å²) in [5, 5.41) is 0. The number of hydrogen-bond acceptors (Lipinski definition) is 4. The van der Waals surface area contributed by atoms with Crippen LogP contribution in [0.2, 0.25) is 0 Å². The van der Waals surface area contributed by atoms with Crippen molar-refractivity contribution in [3.05, 3.63) is 94.0 Å². The molecule has 2 amide bonds. The molecular formula is C34H35NO4. The summed E-state index contributed by atoms with van der Waals surface area (Å²) < 4.78 is 5.16.